The van der Waals surface area contributed by atoms with Gasteiger partial charge in [0.1, 0.15) is 5.60 Å². The van der Waals surface area contributed by atoms with Gasteiger partial charge in [0.05, 0.1) is 25.6 Å². The third-order valence-corrected chi connectivity index (χ3v) is 5.02. The maximum Gasteiger partial charge on any atom is 0.128 e. The molecule has 0 radical (unpaired) electrons. The van der Waals surface area contributed by atoms with Gasteiger partial charge in [0.25, 0.3) is 0 Å². The molecule has 1 unspecified atom stereocenters. The van der Waals surface area contributed by atoms with E-state index in [2.05, 4.69) is 47.7 Å². The van der Waals surface area contributed by atoms with Gasteiger partial charge in [-0.05, 0) is 43.9 Å². The topological polar surface area (TPSA) is 49.2 Å². The molecule has 0 bridgehead atoms. The first-order valence-electron chi connectivity index (χ1n) is 9.39. The average Bonchev–Trinajstić information content (AvgIpc) is 2.68. The highest BCUT2D eigenvalue weighted by Crippen LogP contribution is 2.30. The van der Waals surface area contributed by atoms with Crippen LogP contribution in [0, 0.1) is 23.2 Å². The fraction of sp³-hybridized carbons (Fsp3) is 0.619. The lowest BCUT2D eigenvalue weighted by Crippen LogP contribution is -2.34. The van der Waals surface area contributed by atoms with Gasteiger partial charge in [-0.1, -0.05) is 38.2 Å². The van der Waals surface area contributed by atoms with Crippen LogP contribution in [0.2, 0.25) is 0 Å². The molecule has 4 nitrogen and oxygen atoms in total. The Morgan fingerprint density at radius 3 is 2.88 bits per heavy atom. The Hall–Kier alpha value is -1.88. The maximum atomic E-state index is 8.71. The van der Waals surface area contributed by atoms with E-state index in [9.17, 15) is 0 Å². The number of nitrogens with zero attached hydrogens (tertiary/aromatic N) is 3. The molecule has 0 spiro atoms. The highest BCUT2D eigenvalue weighted by atomic mass is 16.5. The predicted molar refractivity (Wildman–Crippen MR) is 99.7 cm³/mol. The number of hydrogen-bond donors (Lipinski definition) is 0. The third-order valence-electron chi connectivity index (χ3n) is 5.02. The third kappa shape index (κ3) is 5.56. The lowest BCUT2D eigenvalue weighted by molar-refractivity contribution is -0.00337. The molecule has 0 aliphatic carbocycles. The summed E-state index contributed by atoms with van der Waals surface area (Å²) < 4.78 is 5.94. The van der Waals surface area contributed by atoms with E-state index in [0.717, 1.165) is 25.9 Å². The molecule has 0 N–H and O–H groups in total. The second-order valence-corrected chi connectivity index (χ2v) is 6.53. The summed E-state index contributed by atoms with van der Waals surface area (Å²) in [5.41, 5.74) is 0.864. The van der Waals surface area contributed by atoms with Crippen molar-refractivity contribution in [3.05, 3.63) is 30.1 Å². The lowest BCUT2D eigenvalue weighted by Gasteiger charge is -2.34. The van der Waals surface area contributed by atoms with Crippen LogP contribution in [0.15, 0.2) is 24.5 Å². The van der Waals surface area contributed by atoms with Crippen molar-refractivity contribution in [3.8, 4) is 17.9 Å². The van der Waals surface area contributed by atoms with Crippen LogP contribution in [-0.4, -0.2) is 35.2 Å². The Labute approximate surface area is 152 Å². The Balaban J connectivity index is 2.04. The summed E-state index contributed by atoms with van der Waals surface area (Å²) in [5.74, 6) is 6.74. The van der Waals surface area contributed by atoms with Gasteiger partial charge in [-0.25, -0.2) is 0 Å². The molecule has 25 heavy (non-hydrogen) atoms. The van der Waals surface area contributed by atoms with E-state index in [1.807, 2.05) is 18.5 Å². The van der Waals surface area contributed by atoms with Crippen LogP contribution in [0.5, 0.6) is 0 Å². The molecule has 1 aliphatic rings. The Morgan fingerprint density at radius 2 is 2.20 bits per heavy atom. The van der Waals surface area contributed by atoms with Gasteiger partial charge in [0.2, 0.25) is 0 Å². The molecule has 134 valence electrons. The zero-order valence-electron chi connectivity index (χ0n) is 15.5. The minimum absolute atomic E-state index is 0.411. The highest BCUT2D eigenvalue weighted by Gasteiger charge is 2.25. The van der Waals surface area contributed by atoms with Gasteiger partial charge >= 0.3 is 0 Å². The van der Waals surface area contributed by atoms with Gasteiger partial charge in [-0.3, -0.25) is 9.88 Å². The molecule has 1 aliphatic heterocycles. The molecule has 0 aromatic carbocycles. The van der Waals surface area contributed by atoms with Crippen molar-refractivity contribution < 1.29 is 4.74 Å². The molecule has 4 heteroatoms. The Bertz CT molecular complexity index is 608. The maximum absolute atomic E-state index is 8.71. The van der Waals surface area contributed by atoms with Crippen molar-refractivity contribution >= 4 is 0 Å². The van der Waals surface area contributed by atoms with Crippen molar-refractivity contribution in [2.75, 3.05) is 19.7 Å². The zero-order valence-corrected chi connectivity index (χ0v) is 15.5. The number of rotatable bonds is 7. The number of ether oxygens (including phenoxy) is 1. The van der Waals surface area contributed by atoms with Crippen LogP contribution < -0.4 is 0 Å². The van der Waals surface area contributed by atoms with Crippen LogP contribution in [0.25, 0.3) is 0 Å². The largest absolute Gasteiger partial charge is 0.361 e. The van der Waals surface area contributed by atoms with E-state index in [1.165, 1.54) is 24.8 Å². The molecule has 2 rings (SSSR count). The first-order valence-corrected chi connectivity index (χ1v) is 9.39. The number of nitriles is 1. The Kier molecular flexibility index (Phi) is 7.92. The number of hydrogen-bond acceptors (Lipinski definition) is 4. The smallest absolute Gasteiger partial charge is 0.128 e. The minimum Gasteiger partial charge on any atom is -0.361 e. The first-order chi connectivity index (χ1) is 12.2. The summed E-state index contributed by atoms with van der Waals surface area (Å²) in [5, 5.41) is 8.71. The van der Waals surface area contributed by atoms with Gasteiger partial charge in [-0.15, -0.1) is 0 Å². The molecule has 1 aromatic rings. The molecular weight excluding hydrogens is 310 g/mol. The SMILES string of the molecule is CCC(C#CCN1CCCCC1c1cccnc1)(CC)OCCC#N. The van der Waals surface area contributed by atoms with Crippen LogP contribution in [0.3, 0.4) is 0 Å². The average molecular weight is 339 g/mol. The van der Waals surface area contributed by atoms with Crippen molar-refractivity contribution in [1.29, 1.82) is 5.26 Å². The van der Waals surface area contributed by atoms with E-state index in [0.29, 0.717) is 19.1 Å². The lowest BCUT2D eigenvalue weighted by atomic mass is 9.96. The van der Waals surface area contributed by atoms with Crippen LogP contribution in [0.1, 0.15) is 64.0 Å². The van der Waals surface area contributed by atoms with Gasteiger partial charge in [-0.2, -0.15) is 5.26 Å². The molecule has 1 atom stereocenters. The summed E-state index contributed by atoms with van der Waals surface area (Å²) in [6.07, 6.45) is 9.55. The monoisotopic (exact) mass is 339 g/mol. The minimum atomic E-state index is -0.420. The van der Waals surface area contributed by atoms with E-state index in [4.69, 9.17) is 10.00 Å². The van der Waals surface area contributed by atoms with Crippen molar-refractivity contribution in [1.82, 2.24) is 9.88 Å². The highest BCUT2D eigenvalue weighted by molar-refractivity contribution is 5.18. The summed E-state index contributed by atoms with van der Waals surface area (Å²) in [6.45, 7) is 6.49. The molecule has 2 heterocycles. The van der Waals surface area contributed by atoms with Gasteiger partial charge in [0.15, 0.2) is 0 Å². The Morgan fingerprint density at radius 1 is 1.36 bits per heavy atom. The van der Waals surface area contributed by atoms with E-state index >= 15 is 0 Å². The fourth-order valence-electron chi connectivity index (χ4n) is 3.39. The standard InChI is InChI=1S/C21H29N3O/c1-3-21(4-2,25-17-9-13-22)12-8-16-24-15-6-5-11-20(24)19-10-7-14-23-18-19/h7,10,14,18,20H,3-6,9,11,15-17H2,1-2H3. The number of aromatic nitrogens is 1. The normalized spacial score (nSPS) is 18.2. The van der Waals surface area contributed by atoms with E-state index < -0.39 is 5.60 Å². The number of pyridine rings is 1. The summed E-state index contributed by atoms with van der Waals surface area (Å²) in [6, 6.07) is 6.72. The zero-order chi connectivity index (χ0) is 18.0. The molecule has 0 amide bonds. The molecule has 1 saturated heterocycles. The van der Waals surface area contributed by atoms with Crippen molar-refractivity contribution in [2.45, 2.75) is 64.0 Å². The first kappa shape index (κ1) is 19.4. The quantitative estimate of drug-likeness (QED) is 0.554. The molecule has 1 fully saturated rings. The molecular formula is C21H29N3O. The second-order valence-electron chi connectivity index (χ2n) is 6.53. The fourth-order valence-corrected chi connectivity index (χ4v) is 3.39. The summed E-state index contributed by atoms with van der Waals surface area (Å²) in [4.78, 5) is 6.73. The number of likely N-dealkylation sites (tertiary alicyclic amines) is 1. The number of piperidine rings is 1. The van der Waals surface area contributed by atoms with Crippen molar-refractivity contribution in [3.63, 3.8) is 0 Å². The van der Waals surface area contributed by atoms with E-state index in [-0.39, 0.29) is 0 Å². The molecule has 0 saturated carbocycles. The van der Waals surface area contributed by atoms with Crippen LogP contribution in [0.4, 0.5) is 0 Å². The summed E-state index contributed by atoms with van der Waals surface area (Å²) in [7, 11) is 0. The van der Waals surface area contributed by atoms with Gasteiger partial charge < -0.3 is 4.74 Å². The second kappa shape index (κ2) is 10.2. The summed E-state index contributed by atoms with van der Waals surface area (Å²) >= 11 is 0. The van der Waals surface area contributed by atoms with Crippen molar-refractivity contribution in [2.24, 2.45) is 0 Å². The van der Waals surface area contributed by atoms with Gasteiger partial charge in [0, 0.05) is 18.4 Å². The molecule has 1 aromatic heterocycles. The van der Waals surface area contributed by atoms with Crippen LogP contribution >= 0.6 is 0 Å². The van der Waals surface area contributed by atoms with Crippen LogP contribution in [-0.2, 0) is 4.74 Å². The predicted octanol–water partition coefficient (Wildman–Crippen LogP) is 4.10. The van der Waals surface area contributed by atoms with E-state index in [1.54, 1.807) is 0 Å².